The van der Waals surface area contributed by atoms with Crippen LogP contribution in [0.4, 0.5) is 8.78 Å². The van der Waals surface area contributed by atoms with Crippen molar-refractivity contribution in [1.82, 2.24) is 14.5 Å². The largest absolute Gasteiger partial charge is 0.493 e. The van der Waals surface area contributed by atoms with E-state index in [9.17, 15) is 17.2 Å². The summed E-state index contributed by atoms with van der Waals surface area (Å²) in [6.45, 7) is 2.60. The number of rotatable bonds is 7. The van der Waals surface area contributed by atoms with Gasteiger partial charge in [0.2, 0.25) is 10.0 Å². The van der Waals surface area contributed by atoms with Gasteiger partial charge in [-0.25, -0.2) is 17.2 Å². The molecular formula is C22H23F2N3O3S. The fourth-order valence-corrected chi connectivity index (χ4v) is 5.14. The van der Waals surface area contributed by atoms with Gasteiger partial charge in [0.1, 0.15) is 17.4 Å². The van der Waals surface area contributed by atoms with E-state index in [1.807, 2.05) is 6.07 Å². The smallest absolute Gasteiger partial charge is 0.243 e. The quantitative estimate of drug-likeness (QED) is 0.598. The SMILES string of the molecule is Cc1ccc(S(=O)(=O)N2CC[C@H](c3cc(CCOc4cccc(F)c4)[nH]n3)C2)cc1F. The Hall–Kier alpha value is -2.78. The molecule has 0 amide bonds. The minimum Gasteiger partial charge on any atom is -0.493 e. The van der Waals surface area contributed by atoms with Crippen molar-refractivity contribution in [2.45, 2.75) is 30.6 Å². The van der Waals surface area contributed by atoms with Crippen LogP contribution >= 0.6 is 0 Å². The molecule has 1 aromatic heterocycles. The van der Waals surface area contributed by atoms with E-state index in [1.54, 1.807) is 19.1 Å². The number of benzene rings is 2. The second-order valence-electron chi connectivity index (χ2n) is 7.63. The lowest BCUT2D eigenvalue weighted by Gasteiger charge is -2.16. The number of hydrogen-bond acceptors (Lipinski definition) is 4. The molecule has 0 radical (unpaired) electrons. The minimum absolute atomic E-state index is 0.0338. The number of sulfonamides is 1. The number of hydrogen-bond donors (Lipinski definition) is 1. The third kappa shape index (κ3) is 4.77. The summed E-state index contributed by atoms with van der Waals surface area (Å²) in [5.74, 6) is -0.465. The predicted molar refractivity (Wildman–Crippen MR) is 111 cm³/mol. The monoisotopic (exact) mass is 447 g/mol. The van der Waals surface area contributed by atoms with E-state index in [0.29, 0.717) is 43.9 Å². The van der Waals surface area contributed by atoms with Gasteiger partial charge in [-0.15, -0.1) is 0 Å². The van der Waals surface area contributed by atoms with Gasteiger partial charge in [-0.05, 0) is 49.2 Å². The molecule has 164 valence electrons. The molecule has 0 spiro atoms. The van der Waals surface area contributed by atoms with Crippen molar-refractivity contribution < 1.29 is 21.9 Å². The number of nitrogens with one attached hydrogen (secondary N) is 1. The number of nitrogens with zero attached hydrogens (tertiary/aromatic N) is 2. The summed E-state index contributed by atoms with van der Waals surface area (Å²) < 4.78 is 59.7. The summed E-state index contributed by atoms with van der Waals surface area (Å²) in [6, 6.07) is 11.8. The van der Waals surface area contributed by atoms with E-state index in [-0.39, 0.29) is 16.6 Å². The van der Waals surface area contributed by atoms with Crippen molar-refractivity contribution >= 4 is 10.0 Å². The van der Waals surface area contributed by atoms with Crippen molar-refractivity contribution in [2.75, 3.05) is 19.7 Å². The molecule has 4 rings (SSSR count). The fraction of sp³-hybridized carbons (Fsp3) is 0.318. The maximum absolute atomic E-state index is 13.8. The van der Waals surface area contributed by atoms with E-state index >= 15 is 0 Å². The lowest BCUT2D eigenvalue weighted by atomic mass is 10.0. The molecule has 6 nitrogen and oxygen atoms in total. The molecule has 1 aliphatic heterocycles. The Morgan fingerprint density at radius 3 is 2.81 bits per heavy atom. The number of aromatic nitrogens is 2. The fourth-order valence-electron chi connectivity index (χ4n) is 3.62. The number of halogens is 2. The number of H-pyrrole nitrogens is 1. The summed E-state index contributed by atoms with van der Waals surface area (Å²) >= 11 is 0. The third-order valence-electron chi connectivity index (χ3n) is 5.44. The van der Waals surface area contributed by atoms with Gasteiger partial charge in [0.25, 0.3) is 0 Å². The minimum atomic E-state index is -3.76. The summed E-state index contributed by atoms with van der Waals surface area (Å²) in [5, 5.41) is 7.29. The normalized spacial score (nSPS) is 17.2. The highest BCUT2D eigenvalue weighted by molar-refractivity contribution is 7.89. The Kier molecular flexibility index (Phi) is 6.06. The first-order valence-corrected chi connectivity index (χ1v) is 11.5. The first-order valence-electron chi connectivity index (χ1n) is 10.0. The van der Waals surface area contributed by atoms with Gasteiger partial charge >= 0.3 is 0 Å². The van der Waals surface area contributed by atoms with Crippen LogP contribution in [0.3, 0.4) is 0 Å². The Bertz CT molecular complexity index is 1180. The highest BCUT2D eigenvalue weighted by Crippen LogP contribution is 2.31. The van der Waals surface area contributed by atoms with Crippen LogP contribution in [0, 0.1) is 18.6 Å². The zero-order valence-corrected chi connectivity index (χ0v) is 17.8. The molecule has 0 saturated carbocycles. The van der Waals surface area contributed by atoms with Crippen LogP contribution in [0.2, 0.25) is 0 Å². The average Bonchev–Trinajstić information content (AvgIpc) is 3.40. The zero-order chi connectivity index (χ0) is 22.0. The van der Waals surface area contributed by atoms with E-state index in [1.165, 1.54) is 28.6 Å². The second-order valence-corrected chi connectivity index (χ2v) is 9.57. The lowest BCUT2D eigenvalue weighted by Crippen LogP contribution is -2.28. The molecule has 1 aliphatic rings. The number of aromatic amines is 1. The third-order valence-corrected chi connectivity index (χ3v) is 7.30. The highest BCUT2D eigenvalue weighted by Gasteiger charge is 2.34. The molecule has 2 aromatic carbocycles. The summed E-state index contributed by atoms with van der Waals surface area (Å²) in [4.78, 5) is -0.0338. The van der Waals surface area contributed by atoms with Crippen LogP contribution in [0.1, 0.15) is 29.3 Å². The molecule has 0 aliphatic carbocycles. The van der Waals surface area contributed by atoms with Crippen molar-refractivity contribution in [3.8, 4) is 5.75 Å². The Balaban J connectivity index is 1.36. The van der Waals surface area contributed by atoms with Gasteiger partial charge in [0, 0.05) is 37.2 Å². The van der Waals surface area contributed by atoms with Crippen molar-refractivity contribution in [3.05, 3.63) is 77.1 Å². The Morgan fingerprint density at radius 2 is 2.03 bits per heavy atom. The highest BCUT2D eigenvalue weighted by atomic mass is 32.2. The molecule has 31 heavy (non-hydrogen) atoms. The lowest BCUT2D eigenvalue weighted by molar-refractivity contribution is 0.319. The van der Waals surface area contributed by atoms with Crippen LogP contribution in [0.25, 0.3) is 0 Å². The number of aryl methyl sites for hydroxylation is 1. The first kappa shape index (κ1) is 21.5. The second kappa shape index (κ2) is 8.76. The zero-order valence-electron chi connectivity index (χ0n) is 17.0. The van der Waals surface area contributed by atoms with Gasteiger partial charge in [-0.2, -0.15) is 9.40 Å². The van der Waals surface area contributed by atoms with Gasteiger partial charge < -0.3 is 4.74 Å². The van der Waals surface area contributed by atoms with Crippen LogP contribution in [0.15, 0.2) is 53.4 Å². The summed E-state index contributed by atoms with van der Waals surface area (Å²) in [5.41, 5.74) is 2.05. The predicted octanol–water partition coefficient (Wildman–Crippen LogP) is 3.80. The van der Waals surface area contributed by atoms with Crippen LogP contribution in [0.5, 0.6) is 5.75 Å². The van der Waals surface area contributed by atoms with Crippen molar-refractivity contribution in [3.63, 3.8) is 0 Å². The molecule has 2 heterocycles. The maximum Gasteiger partial charge on any atom is 0.243 e. The average molecular weight is 448 g/mol. The number of ether oxygens (including phenoxy) is 1. The first-order chi connectivity index (χ1) is 14.8. The van der Waals surface area contributed by atoms with Gasteiger partial charge in [-0.1, -0.05) is 12.1 Å². The Morgan fingerprint density at radius 1 is 1.19 bits per heavy atom. The van der Waals surface area contributed by atoms with Crippen molar-refractivity contribution in [1.29, 1.82) is 0 Å². The van der Waals surface area contributed by atoms with E-state index < -0.39 is 15.8 Å². The van der Waals surface area contributed by atoms with E-state index in [2.05, 4.69) is 10.2 Å². The van der Waals surface area contributed by atoms with Crippen molar-refractivity contribution in [2.24, 2.45) is 0 Å². The van der Waals surface area contributed by atoms with Crippen LogP contribution in [-0.2, 0) is 16.4 Å². The van der Waals surface area contributed by atoms with Crippen LogP contribution in [-0.4, -0.2) is 42.6 Å². The molecule has 0 bridgehead atoms. The molecule has 1 saturated heterocycles. The van der Waals surface area contributed by atoms with Crippen LogP contribution < -0.4 is 4.74 Å². The van der Waals surface area contributed by atoms with Gasteiger partial charge in [-0.3, -0.25) is 5.10 Å². The molecule has 1 N–H and O–H groups in total. The molecule has 1 atom stereocenters. The summed E-state index contributed by atoms with van der Waals surface area (Å²) in [7, 11) is -3.76. The Labute approximate surface area is 179 Å². The van der Waals surface area contributed by atoms with E-state index in [4.69, 9.17) is 4.74 Å². The molecule has 3 aromatic rings. The molecule has 9 heteroatoms. The molecule has 1 fully saturated rings. The molecule has 0 unspecified atom stereocenters. The van der Waals surface area contributed by atoms with Gasteiger partial charge in [0.05, 0.1) is 17.2 Å². The van der Waals surface area contributed by atoms with Gasteiger partial charge in [0.15, 0.2) is 0 Å². The maximum atomic E-state index is 13.8. The molecular weight excluding hydrogens is 424 g/mol. The topological polar surface area (TPSA) is 75.3 Å². The standard InChI is InChI=1S/C22H23F2N3O3S/c1-15-5-6-20(13-21(15)24)31(28,29)27-9-7-16(14-27)22-12-18(25-26-22)8-10-30-19-4-2-3-17(23)11-19/h2-6,11-13,16H,7-10,14H2,1H3,(H,25,26)/t16-/m0/s1. The van der Waals surface area contributed by atoms with E-state index in [0.717, 1.165) is 17.5 Å². The summed E-state index contributed by atoms with van der Waals surface area (Å²) in [6.07, 6.45) is 1.19.